The van der Waals surface area contributed by atoms with Crippen molar-refractivity contribution < 1.29 is 19.1 Å². The second kappa shape index (κ2) is 14.3. The highest BCUT2D eigenvalue weighted by Crippen LogP contribution is 2.16. The predicted molar refractivity (Wildman–Crippen MR) is 104 cm³/mol. The normalized spacial score (nSPS) is 10.5. The summed E-state index contributed by atoms with van der Waals surface area (Å²) in [5.74, 6) is -1.48. The maximum atomic E-state index is 11.7. The highest BCUT2D eigenvalue weighted by Gasteiger charge is 2.18. The molecule has 0 aromatic heterocycles. The first-order chi connectivity index (χ1) is 12.6. The summed E-state index contributed by atoms with van der Waals surface area (Å²) in [4.78, 5) is 23.3. The Morgan fingerprint density at radius 2 is 1.31 bits per heavy atom. The molecule has 0 amide bonds. The van der Waals surface area contributed by atoms with Gasteiger partial charge in [-0.3, -0.25) is 0 Å². The Hall–Kier alpha value is -1.84. The zero-order chi connectivity index (χ0) is 19.0. The van der Waals surface area contributed by atoms with Crippen molar-refractivity contribution in [3.05, 3.63) is 29.8 Å². The number of unbranched alkanes of at least 4 members (excludes halogenated alkanes) is 10. The fourth-order valence-corrected chi connectivity index (χ4v) is 2.80. The van der Waals surface area contributed by atoms with Crippen molar-refractivity contribution in [2.24, 2.45) is 0 Å². The molecule has 0 fully saturated rings. The van der Waals surface area contributed by atoms with Crippen molar-refractivity contribution in [1.82, 2.24) is 0 Å². The Morgan fingerprint density at radius 3 is 1.88 bits per heavy atom. The summed E-state index contributed by atoms with van der Waals surface area (Å²) in [5, 5.41) is 0. The minimum Gasteiger partial charge on any atom is -0.457 e. The molecule has 0 heterocycles. The van der Waals surface area contributed by atoms with Crippen molar-refractivity contribution in [1.29, 1.82) is 0 Å². The van der Waals surface area contributed by atoms with E-state index < -0.39 is 11.9 Å². The maximum absolute atomic E-state index is 11.7. The summed E-state index contributed by atoms with van der Waals surface area (Å²) in [5.41, 5.74) is 0.805. The largest absolute Gasteiger partial charge is 0.457 e. The van der Waals surface area contributed by atoms with E-state index in [-0.39, 0.29) is 6.61 Å². The van der Waals surface area contributed by atoms with Crippen LogP contribution in [0.1, 0.15) is 83.1 Å². The van der Waals surface area contributed by atoms with E-state index in [0.717, 1.165) is 24.8 Å². The summed E-state index contributed by atoms with van der Waals surface area (Å²) in [6.45, 7) is 4.34. The number of ether oxygens (including phenoxy) is 2. The van der Waals surface area contributed by atoms with Crippen LogP contribution in [0.15, 0.2) is 24.3 Å². The van der Waals surface area contributed by atoms with Gasteiger partial charge in [-0.1, -0.05) is 89.3 Å². The smallest absolute Gasteiger partial charge is 0.422 e. The second-order valence-electron chi connectivity index (χ2n) is 6.83. The molecule has 0 atom stereocenters. The lowest BCUT2D eigenvalue weighted by molar-refractivity contribution is -0.162. The van der Waals surface area contributed by atoms with Crippen LogP contribution in [0.2, 0.25) is 0 Å². The molecule has 0 aliphatic heterocycles. The van der Waals surface area contributed by atoms with Crippen molar-refractivity contribution in [2.75, 3.05) is 6.61 Å². The highest BCUT2D eigenvalue weighted by atomic mass is 16.6. The van der Waals surface area contributed by atoms with Crippen molar-refractivity contribution >= 4 is 11.9 Å². The van der Waals surface area contributed by atoms with E-state index in [1.165, 1.54) is 51.4 Å². The molecule has 0 bridgehead atoms. The SMILES string of the molecule is CCCCCCCCCCCCCOC(=O)C(=O)Oc1ccccc1C. The van der Waals surface area contributed by atoms with Gasteiger partial charge in [0.2, 0.25) is 0 Å². The number of aryl methyl sites for hydroxylation is 1. The molecule has 146 valence electrons. The van der Waals surface area contributed by atoms with Gasteiger partial charge < -0.3 is 9.47 Å². The molecule has 0 unspecified atom stereocenters. The fourth-order valence-electron chi connectivity index (χ4n) is 2.80. The molecule has 26 heavy (non-hydrogen) atoms. The standard InChI is InChI=1S/C22H34O4/c1-3-4-5-6-7-8-9-10-11-12-15-18-25-21(23)22(24)26-20-17-14-13-16-19(20)2/h13-14,16-17H,3-12,15,18H2,1-2H3. The van der Waals surface area contributed by atoms with Crippen molar-refractivity contribution in [3.8, 4) is 5.75 Å². The fraction of sp³-hybridized carbons (Fsp3) is 0.636. The van der Waals surface area contributed by atoms with Crippen molar-refractivity contribution in [2.45, 2.75) is 84.5 Å². The molecule has 1 rings (SSSR count). The zero-order valence-electron chi connectivity index (χ0n) is 16.4. The number of hydrogen-bond acceptors (Lipinski definition) is 4. The van der Waals surface area contributed by atoms with Crippen molar-refractivity contribution in [3.63, 3.8) is 0 Å². The van der Waals surface area contributed by atoms with Gasteiger partial charge in [0.05, 0.1) is 6.61 Å². The zero-order valence-corrected chi connectivity index (χ0v) is 16.4. The number of esters is 2. The van der Waals surface area contributed by atoms with E-state index in [0.29, 0.717) is 5.75 Å². The lowest BCUT2D eigenvalue weighted by atomic mass is 10.1. The Kier molecular flexibility index (Phi) is 12.2. The van der Waals surface area contributed by atoms with Crippen LogP contribution in [-0.4, -0.2) is 18.5 Å². The van der Waals surface area contributed by atoms with Gasteiger partial charge >= 0.3 is 11.9 Å². The van der Waals surface area contributed by atoms with Gasteiger partial charge in [-0.2, -0.15) is 0 Å². The van der Waals surface area contributed by atoms with Crippen LogP contribution in [0.25, 0.3) is 0 Å². The average Bonchev–Trinajstić information content (AvgIpc) is 2.64. The van der Waals surface area contributed by atoms with Crippen LogP contribution >= 0.6 is 0 Å². The molecule has 1 aromatic rings. The first-order valence-electron chi connectivity index (χ1n) is 10.1. The van der Waals surface area contributed by atoms with Crippen LogP contribution < -0.4 is 4.74 Å². The van der Waals surface area contributed by atoms with Crippen LogP contribution in [0.4, 0.5) is 0 Å². The number of para-hydroxylation sites is 1. The first kappa shape index (κ1) is 22.2. The summed E-state index contributed by atoms with van der Waals surface area (Å²) in [6, 6.07) is 7.08. The summed E-state index contributed by atoms with van der Waals surface area (Å²) in [6.07, 6.45) is 13.5. The molecule has 0 saturated heterocycles. The third-order valence-corrected chi connectivity index (χ3v) is 4.44. The van der Waals surface area contributed by atoms with E-state index in [9.17, 15) is 9.59 Å². The Balaban J connectivity index is 1.98. The third-order valence-electron chi connectivity index (χ3n) is 4.44. The van der Waals surface area contributed by atoms with Gasteiger partial charge in [-0.05, 0) is 25.0 Å². The van der Waals surface area contributed by atoms with E-state index in [4.69, 9.17) is 9.47 Å². The predicted octanol–water partition coefficient (Wildman–Crippen LogP) is 5.75. The van der Waals surface area contributed by atoms with Gasteiger partial charge in [0, 0.05) is 0 Å². The Labute approximate surface area is 158 Å². The molecule has 4 nitrogen and oxygen atoms in total. The van der Waals surface area contributed by atoms with Gasteiger partial charge in [-0.25, -0.2) is 9.59 Å². The highest BCUT2D eigenvalue weighted by molar-refractivity contribution is 6.30. The quantitative estimate of drug-likeness (QED) is 0.194. The van der Waals surface area contributed by atoms with Crippen LogP contribution in [0, 0.1) is 6.92 Å². The molecule has 0 aliphatic rings. The van der Waals surface area contributed by atoms with Crippen LogP contribution in [0.5, 0.6) is 5.75 Å². The third kappa shape index (κ3) is 10.2. The Morgan fingerprint density at radius 1 is 0.769 bits per heavy atom. The Bertz CT molecular complexity index is 525. The van der Waals surface area contributed by atoms with E-state index >= 15 is 0 Å². The summed E-state index contributed by atoms with van der Waals surface area (Å²) in [7, 11) is 0. The molecule has 0 aliphatic carbocycles. The second-order valence-corrected chi connectivity index (χ2v) is 6.83. The van der Waals surface area contributed by atoms with Crippen LogP contribution in [-0.2, 0) is 14.3 Å². The van der Waals surface area contributed by atoms with Gasteiger partial charge in [-0.15, -0.1) is 0 Å². The first-order valence-corrected chi connectivity index (χ1v) is 10.1. The van der Waals surface area contributed by atoms with Crippen LogP contribution in [0.3, 0.4) is 0 Å². The number of carbonyl (C=O) groups is 2. The molecule has 0 saturated carbocycles. The van der Waals surface area contributed by atoms with E-state index in [2.05, 4.69) is 6.92 Å². The monoisotopic (exact) mass is 362 g/mol. The molecule has 1 aromatic carbocycles. The van der Waals surface area contributed by atoms with Gasteiger partial charge in [0.1, 0.15) is 5.75 Å². The lowest BCUT2D eigenvalue weighted by Gasteiger charge is -2.07. The topological polar surface area (TPSA) is 52.6 Å². The lowest BCUT2D eigenvalue weighted by Crippen LogP contribution is -2.23. The summed E-state index contributed by atoms with van der Waals surface area (Å²) < 4.78 is 10.0. The molecule has 0 radical (unpaired) electrons. The molecule has 4 heteroatoms. The number of carbonyl (C=O) groups excluding carboxylic acids is 2. The number of benzene rings is 1. The van der Waals surface area contributed by atoms with Gasteiger partial charge in [0.15, 0.2) is 0 Å². The van der Waals surface area contributed by atoms with E-state index in [1.807, 2.05) is 19.1 Å². The van der Waals surface area contributed by atoms with E-state index in [1.54, 1.807) is 12.1 Å². The minimum absolute atomic E-state index is 0.277. The molecular formula is C22H34O4. The maximum Gasteiger partial charge on any atom is 0.422 e. The average molecular weight is 363 g/mol. The number of hydrogen-bond donors (Lipinski definition) is 0. The summed E-state index contributed by atoms with van der Waals surface area (Å²) >= 11 is 0. The number of rotatable bonds is 13. The molecular weight excluding hydrogens is 328 g/mol. The molecule has 0 spiro atoms. The van der Waals surface area contributed by atoms with Gasteiger partial charge in [0.25, 0.3) is 0 Å². The molecule has 0 N–H and O–H groups in total. The minimum atomic E-state index is -0.956.